The number of hydrogen-bond donors (Lipinski definition) is 0. The standard InChI is InChI=1S/C15H16/c1-2-6-12(5-1)14-9-10-15(11-14)13-7-3-4-8-13/h1-9,12-13,15H,10-11H2. The van der Waals surface area contributed by atoms with Gasteiger partial charge in [0.2, 0.25) is 0 Å². The van der Waals surface area contributed by atoms with E-state index in [0.717, 1.165) is 5.92 Å². The quantitative estimate of drug-likeness (QED) is 0.589. The Bertz CT molecular complexity index is 366. The first-order valence-corrected chi connectivity index (χ1v) is 5.82. The predicted molar refractivity (Wildman–Crippen MR) is 64.3 cm³/mol. The van der Waals surface area contributed by atoms with Gasteiger partial charge in [0.25, 0.3) is 0 Å². The van der Waals surface area contributed by atoms with Gasteiger partial charge in [0.1, 0.15) is 0 Å². The molecule has 0 radical (unpaired) electrons. The van der Waals surface area contributed by atoms with E-state index in [4.69, 9.17) is 0 Å². The van der Waals surface area contributed by atoms with Crippen LogP contribution >= 0.6 is 0 Å². The molecule has 0 aromatic rings. The lowest BCUT2D eigenvalue weighted by Gasteiger charge is -2.16. The summed E-state index contributed by atoms with van der Waals surface area (Å²) in [5.41, 5.74) is 1.62. The van der Waals surface area contributed by atoms with Crippen molar-refractivity contribution in [3.05, 3.63) is 60.3 Å². The van der Waals surface area contributed by atoms with Gasteiger partial charge in [-0.1, -0.05) is 60.3 Å². The zero-order chi connectivity index (χ0) is 10.1. The molecule has 0 bridgehead atoms. The van der Waals surface area contributed by atoms with Gasteiger partial charge in [-0.15, -0.1) is 0 Å². The Labute approximate surface area is 91.4 Å². The summed E-state index contributed by atoms with van der Waals surface area (Å²) in [4.78, 5) is 0. The van der Waals surface area contributed by atoms with Gasteiger partial charge in [-0.25, -0.2) is 0 Å². The molecule has 0 aromatic heterocycles. The number of rotatable bonds is 2. The Morgan fingerprint density at radius 2 is 1.53 bits per heavy atom. The molecule has 0 amide bonds. The second kappa shape index (κ2) is 3.69. The second-order valence-electron chi connectivity index (χ2n) is 4.62. The van der Waals surface area contributed by atoms with Crippen LogP contribution in [0.1, 0.15) is 12.8 Å². The van der Waals surface area contributed by atoms with Crippen molar-refractivity contribution in [3.63, 3.8) is 0 Å². The van der Waals surface area contributed by atoms with E-state index in [-0.39, 0.29) is 0 Å². The van der Waals surface area contributed by atoms with Gasteiger partial charge in [-0.3, -0.25) is 0 Å². The molecule has 3 rings (SSSR count). The minimum atomic E-state index is 0.601. The van der Waals surface area contributed by atoms with E-state index in [1.54, 1.807) is 5.57 Å². The Kier molecular flexibility index (Phi) is 2.21. The highest BCUT2D eigenvalue weighted by Crippen LogP contribution is 2.38. The van der Waals surface area contributed by atoms with Crippen LogP contribution in [-0.2, 0) is 0 Å². The normalized spacial score (nSPS) is 29.6. The fraction of sp³-hybridized carbons (Fsp3) is 0.333. The van der Waals surface area contributed by atoms with Crippen LogP contribution in [0.4, 0.5) is 0 Å². The summed E-state index contributed by atoms with van der Waals surface area (Å²) in [6.45, 7) is 0. The molecule has 3 aliphatic carbocycles. The molecule has 0 aromatic carbocycles. The minimum absolute atomic E-state index is 0.601. The topological polar surface area (TPSA) is 0 Å². The molecule has 0 aliphatic heterocycles. The molecular formula is C15H16. The molecule has 1 unspecified atom stereocenters. The Morgan fingerprint density at radius 3 is 2.27 bits per heavy atom. The molecular weight excluding hydrogens is 180 g/mol. The average molecular weight is 196 g/mol. The third kappa shape index (κ3) is 1.65. The van der Waals surface area contributed by atoms with Crippen molar-refractivity contribution in [3.8, 4) is 0 Å². The first kappa shape index (κ1) is 8.96. The maximum Gasteiger partial charge on any atom is 0.0163 e. The van der Waals surface area contributed by atoms with Gasteiger partial charge in [0, 0.05) is 5.92 Å². The van der Waals surface area contributed by atoms with E-state index >= 15 is 0 Å². The number of hydrogen-bond acceptors (Lipinski definition) is 0. The molecule has 0 heteroatoms. The SMILES string of the molecule is C1=CC(C2=CCC(C3C=CC=C3)C2)C=C1. The molecule has 0 fully saturated rings. The zero-order valence-electron chi connectivity index (χ0n) is 8.84. The summed E-state index contributed by atoms with van der Waals surface area (Å²) in [7, 11) is 0. The highest BCUT2D eigenvalue weighted by molar-refractivity contribution is 5.32. The van der Waals surface area contributed by atoms with E-state index in [1.807, 2.05) is 0 Å². The van der Waals surface area contributed by atoms with E-state index in [2.05, 4.69) is 54.7 Å². The van der Waals surface area contributed by atoms with Gasteiger partial charge in [0.15, 0.2) is 0 Å². The molecule has 1 atom stereocenters. The molecule has 0 spiro atoms. The Hall–Kier alpha value is -1.30. The summed E-state index contributed by atoms with van der Waals surface area (Å²) in [5, 5.41) is 0. The van der Waals surface area contributed by atoms with Crippen LogP contribution in [-0.4, -0.2) is 0 Å². The Balaban J connectivity index is 1.66. The van der Waals surface area contributed by atoms with Crippen LogP contribution in [0.5, 0.6) is 0 Å². The zero-order valence-corrected chi connectivity index (χ0v) is 8.84. The van der Waals surface area contributed by atoms with Crippen molar-refractivity contribution in [1.29, 1.82) is 0 Å². The molecule has 0 saturated heterocycles. The van der Waals surface area contributed by atoms with Gasteiger partial charge in [-0.2, -0.15) is 0 Å². The van der Waals surface area contributed by atoms with Crippen LogP contribution in [0.15, 0.2) is 60.3 Å². The molecule has 0 heterocycles. The maximum absolute atomic E-state index is 2.45. The van der Waals surface area contributed by atoms with Crippen LogP contribution < -0.4 is 0 Å². The summed E-state index contributed by atoms with van der Waals surface area (Å²) in [6, 6.07) is 0. The van der Waals surface area contributed by atoms with Gasteiger partial charge in [-0.05, 0) is 24.7 Å². The van der Waals surface area contributed by atoms with Crippen LogP contribution in [0.25, 0.3) is 0 Å². The fourth-order valence-electron chi connectivity index (χ4n) is 2.78. The first-order chi connectivity index (χ1) is 7.43. The van der Waals surface area contributed by atoms with E-state index in [1.165, 1.54) is 12.8 Å². The lowest BCUT2D eigenvalue weighted by molar-refractivity contribution is 0.480. The second-order valence-corrected chi connectivity index (χ2v) is 4.62. The minimum Gasteiger partial charge on any atom is -0.0841 e. The summed E-state index contributed by atoms with van der Waals surface area (Å²) in [6.07, 6.45) is 22.9. The predicted octanol–water partition coefficient (Wildman–Crippen LogP) is 3.81. The highest BCUT2D eigenvalue weighted by atomic mass is 14.3. The smallest absolute Gasteiger partial charge is 0.0163 e. The van der Waals surface area contributed by atoms with Crippen molar-refractivity contribution in [2.45, 2.75) is 12.8 Å². The van der Waals surface area contributed by atoms with Crippen LogP contribution in [0, 0.1) is 17.8 Å². The van der Waals surface area contributed by atoms with Crippen LogP contribution in [0.3, 0.4) is 0 Å². The molecule has 0 N–H and O–H groups in total. The monoisotopic (exact) mass is 196 g/mol. The molecule has 0 nitrogen and oxygen atoms in total. The molecule has 3 aliphatic rings. The largest absolute Gasteiger partial charge is 0.0841 e. The molecule has 76 valence electrons. The lowest BCUT2D eigenvalue weighted by Crippen LogP contribution is -2.06. The van der Waals surface area contributed by atoms with Gasteiger partial charge in [0.05, 0.1) is 0 Å². The van der Waals surface area contributed by atoms with Crippen molar-refractivity contribution < 1.29 is 0 Å². The van der Waals surface area contributed by atoms with E-state index in [0.29, 0.717) is 11.8 Å². The molecule has 0 saturated carbocycles. The Morgan fingerprint density at radius 1 is 0.867 bits per heavy atom. The number of allylic oxidation sites excluding steroid dienone is 10. The van der Waals surface area contributed by atoms with Gasteiger partial charge >= 0.3 is 0 Å². The summed E-state index contributed by atoms with van der Waals surface area (Å²) >= 11 is 0. The average Bonchev–Trinajstić information content (AvgIpc) is 3.02. The van der Waals surface area contributed by atoms with Crippen molar-refractivity contribution in [1.82, 2.24) is 0 Å². The fourth-order valence-corrected chi connectivity index (χ4v) is 2.78. The lowest BCUT2D eigenvalue weighted by atomic mass is 9.88. The third-order valence-electron chi connectivity index (χ3n) is 3.68. The first-order valence-electron chi connectivity index (χ1n) is 5.82. The van der Waals surface area contributed by atoms with Crippen LogP contribution in [0.2, 0.25) is 0 Å². The van der Waals surface area contributed by atoms with E-state index in [9.17, 15) is 0 Å². The van der Waals surface area contributed by atoms with Crippen molar-refractivity contribution in [2.75, 3.05) is 0 Å². The van der Waals surface area contributed by atoms with Crippen molar-refractivity contribution >= 4 is 0 Å². The third-order valence-corrected chi connectivity index (χ3v) is 3.68. The van der Waals surface area contributed by atoms with Crippen molar-refractivity contribution in [2.24, 2.45) is 17.8 Å². The maximum atomic E-state index is 2.45. The summed E-state index contributed by atoms with van der Waals surface area (Å²) < 4.78 is 0. The van der Waals surface area contributed by atoms with E-state index < -0.39 is 0 Å². The summed E-state index contributed by atoms with van der Waals surface area (Å²) in [5.74, 6) is 2.11. The highest BCUT2D eigenvalue weighted by Gasteiger charge is 2.26. The molecule has 15 heavy (non-hydrogen) atoms. The van der Waals surface area contributed by atoms with Gasteiger partial charge < -0.3 is 0 Å².